The van der Waals surface area contributed by atoms with E-state index in [-0.39, 0.29) is 11.7 Å². The molecule has 2 heterocycles. The van der Waals surface area contributed by atoms with Crippen molar-refractivity contribution in [3.8, 4) is 0 Å². The fourth-order valence-electron chi connectivity index (χ4n) is 3.59. The highest BCUT2D eigenvalue weighted by Crippen LogP contribution is 2.39. The Morgan fingerprint density at radius 1 is 1.29 bits per heavy atom. The van der Waals surface area contributed by atoms with E-state index in [4.69, 9.17) is 9.47 Å². The molecule has 4 rings (SSSR count). The summed E-state index contributed by atoms with van der Waals surface area (Å²) in [6.07, 6.45) is 4.51. The van der Waals surface area contributed by atoms with E-state index in [1.165, 1.54) is 17.1 Å². The Labute approximate surface area is 144 Å². The van der Waals surface area contributed by atoms with Crippen LogP contribution < -0.4 is 0 Å². The van der Waals surface area contributed by atoms with E-state index >= 15 is 0 Å². The van der Waals surface area contributed by atoms with Crippen molar-refractivity contribution in [2.45, 2.75) is 49.2 Å². The van der Waals surface area contributed by atoms with Crippen molar-refractivity contribution in [1.29, 1.82) is 0 Å². The number of ether oxygens (including phenoxy) is 2. The summed E-state index contributed by atoms with van der Waals surface area (Å²) in [6.45, 7) is 4.29. The molecule has 2 aliphatic heterocycles. The van der Waals surface area contributed by atoms with Crippen LogP contribution in [-0.2, 0) is 19.5 Å². The molecule has 1 aromatic carbocycles. The topological polar surface area (TPSA) is 55.8 Å². The number of aryl methyl sites for hydroxylation is 1. The molecule has 0 aromatic heterocycles. The standard InChI is InChI=1S/C18H25NO4S/c1-14-3-2-4-17(9-14)24(20,21)19-12-18(13-19)10-16(7-8-23-18)22-11-15-5-6-15/h2-4,9,15-16H,5-8,10-13H2,1H3/t16-/m0/s1. The Kier molecular flexibility index (Phi) is 4.19. The second kappa shape index (κ2) is 6.09. The van der Waals surface area contributed by atoms with E-state index in [1.807, 2.05) is 13.0 Å². The SMILES string of the molecule is Cc1cccc(S(=O)(=O)N2CC3(C[C@@H](OCC4CC4)CCO3)C2)c1. The van der Waals surface area contributed by atoms with Gasteiger partial charge < -0.3 is 9.47 Å². The largest absolute Gasteiger partial charge is 0.378 e. The molecule has 3 aliphatic rings. The Bertz CT molecular complexity index is 707. The third-order valence-corrected chi connectivity index (χ3v) is 7.06. The van der Waals surface area contributed by atoms with E-state index in [0.29, 0.717) is 24.6 Å². The van der Waals surface area contributed by atoms with Crippen LogP contribution in [0.15, 0.2) is 29.2 Å². The molecule has 0 amide bonds. The summed E-state index contributed by atoms with van der Waals surface area (Å²) < 4.78 is 39.0. The van der Waals surface area contributed by atoms with Gasteiger partial charge in [-0.25, -0.2) is 8.42 Å². The molecule has 0 N–H and O–H groups in total. The highest BCUT2D eigenvalue weighted by molar-refractivity contribution is 7.89. The minimum absolute atomic E-state index is 0.211. The highest BCUT2D eigenvalue weighted by Gasteiger charge is 2.52. The molecule has 6 heteroatoms. The van der Waals surface area contributed by atoms with Crippen LogP contribution in [0.4, 0.5) is 0 Å². The molecule has 1 aliphatic carbocycles. The number of hydrogen-bond donors (Lipinski definition) is 0. The third-order valence-electron chi connectivity index (χ3n) is 5.27. The van der Waals surface area contributed by atoms with Gasteiger partial charge in [-0.2, -0.15) is 4.31 Å². The lowest BCUT2D eigenvalue weighted by molar-refractivity contribution is -0.179. The molecule has 5 nitrogen and oxygen atoms in total. The van der Waals surface area contributed by atoms with Crippen LogP contribution >= 0.6 is 0 Å². The first kappa shape index (κ1) is 16.5. The number of hydrogen-bond acceptors (Lipinski definition) is 4. The maximum atomic E-state index is 12.7. The molecular formula is C18H25NO4S. The fourth-order valence-corrected chi connectivity index (χ4v) is 5.29. The Morgan fingerprint density at radius 3 is 2.79 bits per heavy atom. The van der Waals surface area contributed by atoms with Crippen LogP contribution in [0.3, 0.4) is 0 Å². The maximum absolute atomic E-state index is 12.7. The predicted molar refractivity (Wildman–Crippen MR) is 90.3 cm³/mol. The first-order chi connectivity index (χ1) is 11.5. The zero-order valence-corrected chi connectivity index (χ0v) is 14.9. The molecule has 3 fully saturated rings. The molecule has 0 bridgehead atoms. The molecule has 1 spiro atoms. The van der Waals surface area contributed by atoms with Gasteiger partial charge in [-0.1, -0.05) is 12.1 Å². The van der Waals surface area contributed by atoms with Gasteiger partial charge in [-0.15, -0.1) is 0 Å². The lowest BCUT2D eigenvalue weighted by Crippen LogP contribution is -2.67. The van der Waals surface area contributed by atoms with Crippen molar-refractivity contribution in [3.05, 3.63) is 29.8 Å². The van der Waals surface area contributed by atoms with E-state index < -0.39 is 10.0 Å². The van der Waals surface area contributed by atoms with Crippen LogP contribution in [0.1, 0.15) is 31.2 Å². The summed E-state index contributed by atoms with van der Waals surface area (Å²) in [5.41, 5.74) is 0.609. The number of benzene rings is 1. The molecule has 1 saturated carbocycles. The van der Waals surface area contributed by atoms with Crippen molar-refractivity contribution >= 4 is 10.0 Å². The van der Waals surface area contributed by atoms with Crippen molar-refractivity contribution in [2.24, 2.45) is 5.92 Å². The van der Waals surface area contributed by atoms with E-state index in [1.54, 1.807) is 18.2 Å². The second-order valence-electron chi connectivity index (χ2n) is 7.51. The van der Waals surface area contributed by atoms with Crippen LogP contribution in [0.25, 0.3) is 0 Å². The van der Waals surface area contributed by atoms with E-state index in [2.05, 4.69) is 0 Å². The summed E-state index contributed by atoms with van der Waals surface area (Å²) in [4.78, 5) is 0.370. The van der Waals surface area contributed by atoms with Gasteiger partial charge >= 0.3 is 0 Å². The molecule has 0 radical (unpaired) electrons. The van der Waals surface area contributed by atoms with Gasteiger partial charge in [-0.05, 0) is 49.8 Å². The second-order valence-corrected chi connectivity index (χ2v) is 9.45. The van der Waals surface area contributed by atoms with Gasteiger partial charge in [0.1, 0.15) is 0 Å². The summed E-state index contributed by atoms with van der Waals surface area (Å²) in [5.74, 6) is 0.753. The van der Waals surface area contributed by atoms with Crippen molar-refractivity contribution in [3.63, 3.8) is 0 Å². The number of nitrogens with zero attached hydrogens (tertiary/aromatic N) is 1. The first-order valence-corrected chi connectivity index (χ1v) is 10.2. The molecule has 2 saturated heterocycles. The van der Waals surface area contributed by atoms with Crippen LogP contribution in [0.2, 0.25) is 0 Å². The van der Waals surface area contributed by atoms with Gasteiger partial charge in [0.25, 0.3) is 0 Å². The van der Waals surface area contributed by atoms with Crippen LogP contribution in [0, 0.1) is 12.8 Å². The molecule has 24 heavy (non-hydrogen) atoms. The average molecular weight is 351 g/mol. The predicted octanol–water partition coefficient (Wildman–Crippen LogP) is 2.34. The molecule has 132 valence electrons. The summed E-state index contributed by atoms with van der Waals surface area (Å²) in [6, 6.07) is 7.08. The van der Waals surface area contributed by atoms with Crippen LogP contribution in [-0.4, -0.2) is 50.7 Å². The summed E-state index contributed by atoms with van der Waals surface area (Å²) in [7, 11) is -3.42. The monoisotopic (exact) mass is 351 g/mol. The zero-order chi connectivity index (χ0) is 16.8. The Morgan fingerprint density at radius 2 is 2.08 bits per heavy atom. The smallest absolute Gasteiger partial charge is 0.243 e. The van der Waals surface area contributed by atoms with Gasteiger partial charge in [0.2, 0.25) is 10.0 Å². The lowest BCUT2D eigenvalue weighted by atomic mass is 9.86. The van der Waals surface area contributed by atoms with Crippen molar-refractivity contribution in [2.75, 3.05) is 26.3 Å². The van der Waals surface area contributed by atoms with Gasteiger partial charge in [0.15, 0.2) is 0 Å². The number of rotatable bonds is 5. The Hall–Kier alpha value is -0.950. The fraction of sp³-hybridized carbons (Fsp3) is 0.667. The minimum Gasteiger partial charge on any atom is -0.378 e. The molecular weight excluding hydrogens is 326 g/mol. The van der Waals surface area contributed by atoms with Crippen LogP contribution in [0.5, 0.6) is 0 Å². The third kappa shape index (κ3) is 3.25. The quantitative estimate of drug-likeness (QED) is 0.817. The van der Waals surface area contributed by atoms with Crippen molar-refractivity contribution < 1.29 is 17.9 Å². The van der Waals surface area contributed by atoms with Crippen molar-refractivity contribution in [1.82, 2.24) is 4.31 Å². The highest BCUT2D eigenvalue weighted by atomic mass is 32.2. The van der Waals surface area contributed by atoms with Gasteiger partial charge in [0.05, 0.1) is 16.6 Å². The molecule has 1 atom stereocenters. The van der Waals surface area contributed by atoms with E-state index in [9.17, 15) is 8.42 Å². The summed E-state index contributed by atoms with van der Waals surface area (Å²) >= 11 is 0. The van der Waals surface area contributed by atoms with E-state index in [0.717, 1.165) is 30.9 Å². The normalized spacial score (nSPS) is 27.1. The minimum atomic E-state index is -3.42. The Balaban J connectivity index is 1.39. The zero-order valence-electron chi connectivity index (χ0n) is 14.1. The van der Waals surface area contributed by atoms with Gasteiger partial charge in [-0.3, -0.25) is 0 Å². The first-order valence-electron chi connectivity index (χ1n) is 8.79. The summed E-state index contributed by atoms with van der Waals surface area (Å²) in [5, 5.41) is 0. The average Bonchev–Trinajstić information content (AvgIpc) is 3.35. The number of sulfonamides is 1. The van der Waals surface area contributed by atoms with Gasteiger partial charge in [0, 0.05) is 32.7 Å². The lowest BCUT2D eigenvalue weighted by Gasteiger charge is -2.52. The molecule has 0 unspecified atom stereocenters. The maximum Gasteiger partial charge on any atom is 0.243 e. The molecule has 1 aromatic rings.